The molecule has 2 aliphatic rings. The molecule has 0 spiro atoms. The van der Waals surface area contributed by atoms with Gasteiger partial charge in [-0.2, -0.15) is 15.0 Å². The van der Waals surface area contributed by atoms with E-state index in [-0.39, 0.29) is 48.5 Å². The Bertz CT molecular complexity index is 3370. The molecule has 2 saturated heterocycles. The number of terminal acetylenes is 1. The van der Waals surface area contributed by atoms with Crippen molar-refractivity contribution < 1.29 is 28.9 Å². The zero-order valence-corrected chi connectivity index (χ0v) is 48.3. The molecule has 10 rings (SSSR count). The summed E-state index contributed by atoms with van der Waals surface area (Å²) in [5.41, 5.74) is 19.2. The Morgan fingerprint density at radius 1 is 0.679 bits per heavy atom. The zero-order valence-electron chi connectivity index (χ0n) is 47.5. The van der Waals surface area contributed by atoms with Gasteiger partial charge < -0.3 is 65.7 Å². The van der Waals surface area contributed by atoms with Gasteiger partial charge in [-0.25, -0.2) is 9.36 Å². The minimum absolute atomic E-state index is 0. The molecule has 0 radical (unpaired) electrons. The number of aromatic amines is 2. The number of ether oxygens (including phenoxy) is 3. The van der Waals surface area contributed by atoms with Gasteiger partial charge >= 0.3 is 0 Å². The second-order valence-electron chi connectivity index (χ2n) is 21.1. The second-order valence-corrected chi connectivity index (χ2v) is 21.1. The molecule has 84 heavy (non-hydrogen) atoms. The molecule has 0 aliphatic carbocycles. The van der Waals surface area contributed by atoms with Gasteiger partial charge in [-0.05, 0) is 65.1 Å². The number of amides is 2. The number of carbonyl (C=O) groups is 2. The van der Waals surface area contributed by atoms with Crippen molar-refractivity contribution in [2.75, 3.05) is 114 Å². The van der Waals surface area contributed by atoms with Crippen molar-refractivity contribution in [3.63, 3.8) is 0 Å². The SMILES string of the molecule is C#CCOCCOCCOCCNc1nc(N2CCN(C(=O)[C@H](Cc3cc4ccccc4[nH]3)n3cc([C@@H](N)C(C)CC)nn3)CC2)nc(N2CCN(C(=O)[C@H](Cc3cc4ccccc4[nH]3)n3cc([C@@H](N)Cc4ccc(O)cc4)nn3)CC2)n1.Cl. The molecule has 8 aromatic rings. The highest BCUT2D eigenvalue weighted by Gasteiger charge is 2.35. The smallest absolute Gasteiger partial charge is 0.248 e. The van der Waals surface area contributed by atoms with Gasteiger partial charge in [0.1, 0.15) is 24.4 Å². The number of H-pyrrole nitrogens is 2. The fourth-order valence-corrected chi connectivity index (χ4v) is 10.4. The van der Waals surface area contributed by atoms with Crippen LogP contribution in [-0.2, 0) is 43.1 Å². The van der Waals surface area contributed by atoms with Crippen LogP contribution in [0.1, 0.15) is 72.8 Å². The summed E-state index contributed by atoms with van der Waals surface area (Å²) in [5.74, 6) is 3.90. The predicted octanol–water partition coefficient (Wildman–Crippen LogP) is 4.79. The van der Waals surface area contributed by atoms with Crippen molar-refractivity contribution in [3.8, 4) is 18.1 Å². The minimum atomic E-state index is -0.728. The number of nitrogens with two attached hydrogens (primary N) is 2. The van der Waals surface area contributed by atoms with Gasteiger partial charge in [0.2, 0.25) is 29.7 Å². The molecular formula is C59H75ClN18O6. The van der Waals surface area contributed by atoms with Crippen LogP contribution in [0.15, 0.2) is 97.3 Å². The summed E-state index contributed by atoms with van der Waals surface area (Å²) in [6.07, 6.45) is 10.9. The molecule has 8 N–H and O–H groups in total. The Kier molecular flexibility index (Phi) is 20.8. The minimum Gasteiger partial charge on any atom is -0.508 e. The molecule has 25 heteroatoms. The number of rotatable bonds is 27. The molecule has 5 atom stereocenters. The van der Waals surface area contributed by atoms with Gasteiger partial charge in [0.05, 0.1) is 68.9 Å². The van der Waals surface area contributed by atoms with E-state index in [1.54, 1.807) is 27.7 Å². The van der Waals surface area contributed by atoms with Crippen LogP contribution in [0, 0.1) is 18.3 Å². The number of piperazine rings is 2. The largest absolute Gasteiger partial charge is 0.508 e. The van der Waals surface area contributed by atoms with Crippen LogP contribution >= 0.6 is 12.4 Å². The van der Waals surface area contributed by atoms with Crippen molar-refractivity contribution >= 4 is 63.9 Å². The first-order valence-corrected chi connectivity index (χ1v) is 28.5. The lowest BCUT2D eigenvalue weighted by molar-refractivity contribution is -0.136. The van der Waals surface area contributed by atoms with Crippen LogP contribution in [0.25, 0.3) is 21.8 Å². The molecule has 2 amide bonds. The average molecular weight is 1170 g/mol. The maximum absolute atomic E-state index is 14.9. The van der Waals surface area contributed by atoms with Gasteiger partial charge in [0, 0.05) is 94.2 Å². The number of hydrogen-bond acceptors (Lipinski definition) is 18. The number of nitrogens with zero attached hydrogens (tertiary/aromatic N) is 13. The van der Waals surface area contributed by atoms with E-state index < -0.39 is 18.1 Å². The summed E-state index contributed by atoms with van der Waals surface area (Å²) >= 11 is 0. The Labute approximate surface area is 494 Å². The van der Waals surface area contributed by atoms with E-state index in [1.165, 1.54) is 0 Å². The molecule has 2 fully saturated rings. The first kappa shape index (κ1) is 60.4. The van der Waals surface area contributed by atoms with Gasteiger partial charge in [0.25, 0.3) is 0 Å². The quantitative estimate of drug-likeness (QED) is 0.0298. The third kappa shape index (κ3) is 15.1. The van der Waals surface area contributed by atoms with Gasteiger partial charge in [0.15, 0.2) is 0 Å². The van der Waals surface area contributed by atoms with Crippen LogP contribution < -0.4 is 26.6 Å². The molecular weight excluding hydrogens is 1090 g/mol. The van der Waals surface area contributed by atoms with Gasteiger partial charge in [-0.1, -0.05) is 85.1 Å². The van der Waals surface area contributed by atoms with Gasteiger partial charge in [-0.15, -0.1) is 29.0 Å². The summed E-state index contributed by atoms with van der Waals surface area (Å²) in [6, 6.07) is 24.9. The summed E-state index contributed by atoms with van der Waals surface area (Å²) in [4.78, 5) is 59.4. The van der Waals surface area contributed by atoms with E-state index in [0.29, 0.717) is 140 Å². The van der Waals surface area contributed by atoms with E-state index in [4.69, 9.17) is 47.1 Å². The lowest BCUT2D eigenvalue weighted by atomic mass is 9.98. The van der Waals surface area contributed by atoms with E-state index in [0.717, 1.165) is 45.2 Å². The summed E-state index contributed by atoms with van der Waals surface area (Å²) in [7, 11) is 0. The van der Waals surface area contributed by atoms with Crippen molar-refractivity contribution in [1.82, 2.24) is 64.7 Å². The number of benzene rings is 3. The molecule has 1 unspecified atom stereocenters. The monoisotopic (exact) mass is 1170 g/mol. The highest BCUT2D eigenvalue weighted by molar-refractivity contribution is 5.85. The third-order valence-corrected chi connectivity index (χ3v) is 15.5. The third-order valence-electron chi connectivity index (χ3n) is 15.5. The fourth-order valence-electron chi connectivity index (χ4n) is 10.4. The van der Waals surface area contributed by atoms with Crippen molar-refractivity contribution in [2.24, 2.45) is 17.4 Å². The van der Waals surface area contributed by atoms with Crippen LogP contribution in [0.2, 0.25) is 0 Å². The zero-order chi connectivity index (χ0) is 57.7. The Balaban J connectivity index is 0.00000846. The fraction of sp³-hybridized carbons (Fsp3) is 0.441. The number of nitrogens with one attached hydrogen (secondary N) is 3. The van der Waals surface area contributed by atoms with E-state index in [2.05, 4.69) is 77.6 Å². The maximum Gasteiger partial charge on any atom is 0.248 e. The number of phenolic OH excluding ortho intramolecular Hbond substituents is 1. The maximum atomic E-state index is 14.9. The molecule has 444 valence electrons. The second kappa shape index (κ2) is 28.9. The normalized spacial score (nSPS) is 15.6. The summed E-state index contributed by atoms with van der Waals surface area (Å²) in [6.45, 7) is 10.2. The molecule has 7 heterocycles. The molecule has 0 bridgehead atoms. The number of para-hydroxylation sites is 2. The number of phenols is 1. The Morgan fingerprint density at radius 3 is 1.70 bits per heavy atom. The molecule has 5 aromatic heterocycles. The first-order chi connectivity index (χ1) is 40.5. The number of aromatic nitrogens is 11. The topological polar surface area (TPSA) is 291 Å². The van der Waals surface area contributed by atoms with E-state index in [1.807, 2.05) is 76.7 Å². The van der Waals surface area contributed by atoms with Crippen molar-refractivity contribution in [3.05, 3.63) is 126 Å². The lowest BCUT2D eigenvalue weighted by Crippen LogP contribution is -2.52. The molecule has 3 aromatic carbocycles. The van der Waals surface area contributed by atoms with Crippen LogP contribution in [0.4, 0.5) is 17.8 Å². The van der Waals surface area contributed by atoms with Crippen LogP contribution in [0.3, 0.4) is 0 Å². The van der Waals surface area contributed by atoms with Gasteiger partial charge in [-0.3, -0.25) is 9.59 Å². The number of anilines is 3. The standard InChI is InChI=1S/C59H74N18O6.ClH/c1-4-27-81-29-31-83-32-30-82-28-18-62-57-65-58(67-59(66-57)75-25-21-73(22-26-75)56(80)53(37-45-35-43-11-7-9-13-49(43)64-45)77-39-51(69-71-77)54(61)40(3)5-2)74-23-19-72(20-24-74)55(79)52(36-44-34-42-10-6-8-12-48(42)63-44)76-38-50(68-70-76)47(60)33-41-14-16-46(78)17-15-41;/h1,6-17,34-35,38-40,47,52-54,63-64,78H,5,18-33,36-37,60-61H2,2-3H3,(H,62,65,66,67);1H/t40?,47-,52-,53-,54-;/m0./s1. The van der Waals surface area contributed by atoms with E-state index >= 15 is 0 Å². The number of halogens is 1. The highest BCUT2D eigenvalue weighted by Crippen LogP contribution is 2.28. The predicted molar refractivity (Wildman–Crippen MR) is 322 cm³/mol. The first-order valence-electron chi connectivity index (χ1n) is 28.5. The molecule has 24 nitrogen and oxygen atoms in total. The number of hydrogen-bond donors (Lipinski definition) is 6. The number of fused-ring (bicyclic) bond motifs is 2. The number of carbonyl (C=O) groups excluding carboxylic acids is 2. The highest BCUT2D eigenvalue weighted by atomic mass is 35.5. The van der Waals surface area contributed by atoms with Crippen LogP contribution in [-0.4, -0.2) is 180 Å². The lowest BCUT2D eigenvalue weighted by Gasteiger charge is -2.38. The molecule has 2 aliphatic heterocycles. The Hall–Kier alpha value is -8.18. The van der Waals surface area contributed by atoms with Crippen LogP contribution in [0.5, 0.6) is 5.75 Å². The van der Waals surface area contributed by atoms with E-state index in [9.17, 15) is 14.7 Å². The number of aromatic hydroxyl groups is 1. The molecule has 0 saturated carbocycles. The Morgan fingerprint density at radius 2 is 1.18 bits per heavy atom. The average Bonchev–Trinajstić information content (AvgIpc) is 4.41. The van der Waals surface area contributed by atoms with Crippen molar-refractivity contribution in [1.29, 1.82) is 0 Å². The summed E-state index contributed by atoms with van der Waals surface area (Å²) in [5, 5.41) is 33.2. The summed E-state index contributed by atoms with van der Waals surface area (Å²) < 4.78 is 20.0. The van der Waals surface area contributed by atoms with Crippen molar-refractivity contribution in [2.45, 2.75) is 63.7 Å².